The maximum atomic E-state index is 5.72. The topological polar surface area (TPSA) is 47.9 Å². The van der Waals surface area contributed by atoms with Crippen molar-refractivity contribution in [2.45, 2.75) is 5.88 Å². The largest absolute Gasteiger partial charge is 0.429 e. The second-order valence-electron chi connectivity index (χ2n) is 3.52. The fourth-order valence-electron chi connectivity index (χ4n) is 1.59. The molecule has 0 saturated heterocycles. The Hall–Kier alpha value is -1.72. The summed E-state index contributed by atoms with van der Waals surface area (Å²) < 4.78 is 5.72. The molecular formula is C12H8ClN3OS. The fourth-order valence-corrected chi connectivity index (χ4v) is 2.36. The molecule has 0 radical (unpaired) electrons. The van der Waals surface area contributed by atoms with Crippen molar-refractivity contribution in [3.8, 4) is 10.9 Å². The first-order valence-electron chi connectivity index (χ1n) is 5.27. The van der Waals surface area contributed by atoms with Crippen LogP contribution in [0.4, 0.5) is 0 Å². The average Bonchev–Trinajstić information content (AvgIpc) is 2.87. The predicted molar refractivity (Wildman–Crippen MR) is 71.3 cm³/mol. The molecule has 0 aliphatic carbocycles. The van der Waals surface area contributed by atoms with Gasteiger partial charge in [0.15, 0.2) is 0 Å². The minimum absolute atomic E-state index is 0.345. The number of ether oxygens (including phenoxy) is 1. The molecule has 0 saturated carbocycles. The molecule has 0 amide bonds. The van der Waals surface area contributed by atoms with Gasteiger partial charge in [0.2, 0.25) is 0 Å². The Morgan fingerprint density at radius 3 is 2.94 bits per heavy atom. The van der Waals surface area contributed by atoms with Crippen molar-refractivity contribution in [3.63, 3.8) is 0 Å². The minimum Gasteiger partial charge on any atom is -0.429 e. The van der Waals surface area contributed by atoms with E-state index < -0.39 is 0 Å². The highest BCUT2D eigenvalue weighted by Crippen LogP contribution is 2.30. The fraction of sp³-hybridized carbons (Fsp3) is 0.0833. The molecule has 2 aromatic heterocycles. The molecule has 0 aliphatic heterocycles. The van der Waals surface area contributed by atoms with Gasteiger partial charge in [0.1, 0.15) is 10.8 Å². The van der Waals surface area contributed by atoms with E-state index in [-0.39, 0.29) is 0 Å². The van der Waals surface area contributed by atoms with Gasteiger partial charge in [-0.3, -0.25) is 4.98 Å². The van der Waals surface area contributed by atoms with Crippen LogP contribution < -0.4 is 4.74 Å². The van der Waals surface area contributed by atoms with Crippen molar-refractivity contribution in [2.24, 2.45) is 0 Å². The number of nitrogens with zero attached hydrogens (tertiary/aromatic N) is 3. The molecule has 18 heavy (non-hydrogen) atoms. The first-order chi connectivity index (χ1) is 8.86. The van der Waals surface area contributed by atoms with Gasteiger partial charge in [0.25, 0.3) is 5.19 Å². The predicted octanol–water partition coefficient (Wildman–Crippen LogP) is 3.62. The summed E-state index contributed by atoms with van der Waals surface area (Å²) in [5, 5.41) is 10.0. The van der Waals surface area contributed by atoms with E-state index in [2.05, 4.69) is 15.2 Å². The van der Waals surface area contributed by atoms with Crippen molar-refractivity contribution in [1.29, 1.82) is 0 Å². The van der Waals surface area contributed by atoms with Crippen LogP contribution in [0.5, 0.6) is 10.9 Å². The lowest BCUT2D eigenvalue weighted by Gasteiger charge is -2.04. The molecule has 6 heteroatoms. The average molecular weight is 278 g/mol. The molecule has 0 N–H and O–H groups in total. The number of rotatable bonds is 3. The van der Waals surface area contributed by atoms with Crippen LogP contribution in [-0.4, -0.2) is 15.2 Å². The Balaban J connectivity index is 1.99. The second-order valence-corrected chi connectivity index (χ2v) is 4.82. The van der Waals surface area contributed by atoms with Crippen molar-refractivity contribution < 1.29 is 4.74 Å². The van der Waals surface area contributed by atoms with Crippen molar-refractivity contribution in [2.75, 3.05) is 0 Å². The maximum Gasteiger partial charge on any atom is 0.299 e. The van der Waals surface area contributed by atoms with Gasteiger partial charge in [0, 0.05) is 11.6 Å². The van der Waals surface area contributed by atoms with Crippen molar-refractivity contribution >= 4 is 33.8 Å². The van der Waals surface area contributed by atoms with Crippen molar-refractivity contribution in [1.82, 2.24) is 15.2 Å². The smallest absolute Gasteiger partial charge is 0.299 e. The van der Waals surface area contributed by atoms with Gasteiger partial charge in [-0.15, -0.1) is 16.7 Å². The lowest BCUT2D eigenvalue weighted by molar-refractivity contribution is 0.478. The van der Waals surface area contributed by atoms with E-state index in [1.807, 2.05) is 30.3 Å². The van der Waals surface area contributed by atoms with Crippen LogP contribution in [0.25, 0.3) is 10.9 Å². The summed E-state index contributed by atoms with van der Waals surface area (Å²) in [6, 6.07) is 9.55. The molecule has 3 rings (SSSR count). The van der Waals surface area contributed by atoms with Crippen LogP contribution in [0.1, 0.15) is 5.01 Å². The number of benzene rings is 1. The van der Waals surface area contributed by atoms with Crippen LogP contribution in [0.3, 0.4) is 0 Å². The van der Waals surface area contributed by atoms with Crippen LogP contribution in [0.15, 0.2) is 36.5 Å². The lowest BCUT2D eigenvalue weighted by atomic mass is 10.2. The number of halogens is 1. The second kappa shape index (κ2) is 4.88. The summed E-state index contributed by atoms with van der Waals surface area (Å²) in [4.78, 5) is 4.27. The molecule has 0 atom stereocenters. The van der Waals surface area contributed by atoms with Gasteiger partial charge in [-0.05, 0) is 24.3 Å². The number of alkyl halides is 1. The van der Waals surface area contributed by atoms with E-state index in [1.165, 1.54) is 11.3 Å². The van der Waals surface area contributed by atoms with Crippen LogP contribution in [0, 0.1) is 0 Å². The Bertz CT molecular complexity index is 680. The number of hydrogen-bond donors (Lipinski definition) is 0. The molecule has 2 heterocycles. The Labute approximate surface area is 112 Å². The number of pyridine rings is 1. The molecule has 0 bridgehead atoms. The number of aromatic nitrogens is 3. The Kier molecular flexibility index (Phi) is 3.08. The highest BCUT2D eigenvalue weighted by atomic mass is 35.5. The molecule has 3 aromatic rings. The van der Waals surface area contributed by atoms with Crippen LogP contribution in [-0.2, 0) is 5.88 Å². The van der Waals surface area contributed by atoms with Gasteiger partial charge in [0.05, 0.1) is 11.4 Å². The van der Waals surface area contributed by atoms with E-state index in [9.17, 15) is 0 Å². The van der Waals surface area contributed by atoms with E-state index in [4.69, 9.17) is 16.3 Å². The van der Waals surface area contributed by atoms with Gasteiger partial charge in [-0.1, -0.05) is 22.5 Å². The lowest BCUT2D eigenvalue weighted by Crippen LogP contribution is -1.86. The quantitative estimate of drug-likeness (QED) is 0.686. The molecule has 90 valence electrons. The summed E-state index contributed by atoms with van der Waals surface area (Å²) in [5.74, 6) is 1.07. The third-order valence-electron chi connectivity index (χ3n) is 2.37. The normalized spacial score (nSPS) is 10.7. The van der Waals surface area contributed by atoms with Gasteiger partial charge >= 0.3 is 0 Å². The third kappa shape index (κ3) is 2.14. The Morgan fingerprint density at radius 2 is 2.11 bits per heavy atom. The van der Waals surface area contributed by atoms with E-state index in [0.717, 1.165) is 21.7 Å². The first-order valence-corrected chi connectivity index (χ1v) is 6.62. The van der Waals surface area contributed by atoms with E-state index in [0.29, 0.717) is 11.1 Å². The summed E-state index contributed by atoms with van der Waals surface area (Å²) in [6.07, 6.45) is 1.75. The highest BCUT2D eigenvalue weighted by Gasteiger charge is 2.08. The highest BCUT2D eigenvalue weighted by molar-refractivity contribution is 7.13. The van der Waals surface area contributed by atoms with Gasteiger partial charge in [-0.2, -0.15) is 0 Å². The monoisotopic (exact) mass is 277 g/mol. The van der Waals surface area contributed by atoms with Gasteiger partial charge in [-0.25, -0.2) is 0 Å². The molecule has 0 aliphatic rings. The number of hydrogen-bond acceptors (Lipinski definition) is 5. The van der Waals surface area contributed by atoms with E-state index in [1.54, 1.807) is 6.20 Å². The summed E-state index contributed by atoms with van der Waals surface area (Å²) >= 11 is 7.02. The molecule has 4 nitrogen and oxygen atoms in total. The SMILES string of the molecule is ClCc1nnc(Oc2cccc3ncccc23)s1. The summed E-state index contributed by atoms with van der Waals surface area (Å²) in [5.41, 5.74) is 0.886. The number of fused-ring (bicyclic) bond motifs is 1. The summed E-state index contributed by atoms with van der Waals surface area (Å²) in [6.45, 7) is 0. The van der Waals surface area contributed by atoms with E-state index >= 15 is 0 Å². The molecule has 0 fully saturated rings. The van der Waals surface area contributed by atoms with Crippen molar-refractivity contribution in [3.05, 3.63) is 41.5 Å². The minimum atomic E-state index is 0.345. The zero-order valence-corrected chi connectivity index (χ0v) is 10.8. The maximum absolute atomic E-state index is 5.72. The molecule has 0 spiro atoms. The van der Waals surface area contributed by atoms with Crippen LogP contribution >= 0.6 is 22.9 Å². The molecule has 1 aromatic carbocycles. The summed E-state index contributed by atoms with van der Waals surface area (Å²) in [7, 11) is 0. The zero-order valence-electron chi connectivity index (χ0n) is 9.21. The molecular weight excluding hydrogens is 270 g/mol. The third-order valence-corrected chi connectivity index (χ3v) is 3.58. The van der Waals surface area contributed by atoms with Crippen LogP contribution in [0.2, 0.25) is 0 Å². The van der Waals surface area contributed by atoms with Gasteiger partial charge < -0.3 is 4.74 Å². The Morgan fingerprint density at radius 1 is 1.17 bits per heavy atom. The molecule has 0 unspecified atom stereocenters. The first kappa shape index (κ1) is 11.4. The standard InChI is InChI=1S/C12H8ClN3OS/c13-7-11-15-16-12(18-11)17-10-5-1-4-9-8(10)3-2-6-14-9/h1-6H,7H2. The zero-order chi connectivity index (χ0) is 12.4.